The minimum absolute atomic E-state index is 0.247. The van der Waals surface area contributed by atoms with Gasteiger partial charge in [0.15, 0.2) is 0 Å². The minimum atomic E-state index is 0.247. The molecule has 6 aromatic rings. The zero-order valence-electron chi connectivity index (χ0n) is 22.2. The smallest absolute Gasteiger partial charge is 0.146 e. The summed E-state index contributed by atoms with van der Waals surface area (Å²) < 4.78 is 12.9. The molecule has 4 aromatic carbocycles. The molecule has 3 aliphatic rings. The second kappa shape index (κ2) is 8.47. The number of benzene rings is 4. The molecule has 2 nitrogen and oxygen atoms in total. The Bertz CT molecular complexity index is 2060. The van der Waals surface area contributed by atoms with Crippen LogP contribution in [0, 0.1) is 5.92 Å². The van der Waals surface area contributed by atoms with Gasteiger partial charge in [-0.05, 0) is 71.4 Å². The lowest BCUT2D eigenvalue weighted by Crippen LogP contribution is -2.24. The van der Waals surface area contributed by atoms with Crippen molar-refractivity contribution in [3.05, 3.63) is 142 Å². The predicted molar refractivity (Wildman–Crippen MR) is 163 cm³/mol. The molecule has 2 aromatic heterocycles. The first kappa shape index (κ1) is 22.3. The summed E-state index contributed by atoms with van der Waals surface area (Å²) in [7, 11) is 0. The molecule has 0 radical (unpaired) electrons. The second-order valence-electron chi connectivity index (χ2n) is 11.4. The van der Waals surface area contributed by atoms with Gasteiger partial charge in [-0.25, -0.2) is 0 Å². The van der Waals surface area contributed by atoms with Gasteiger partial charge in [0.1, 0.15) is 22.5 Å². The van der Waals surface area contributed by atoms with Crippen LogP contribution in [-0.2, 0) is 6.42 Å². The molecule has 2 unspecified atom stereocenters. The molecule has 2 atom stereocenters. The van der Waals surface area contributed by atoms with Gasteiger partial charge >= 0.3 is 0 Å². The number of allylic oxidation sites excluding steroid dienone is 4. The molecule has 2 heteroatoms. The molecular formula is C38H28O2. The molecule has 0 bridgehead atoms. The third-order valence-corrected chi connectivity index (χ3v) is 9.24. The van der Waals surface area contributed by atoms with Gasteiger partial charge in [-0.3, -0.25) is 0 Å². The van der Waals surface area contributed by atoms with Crippen molar-refractivity contribution in [1.29, 1.82) is 0 Å². The Morgan fingerprint density at radius 1 is 0.700 bits per heavy atom. The monoisotopic (exact) mass is 516 g/mol. The Balaban J connectivity index is 1.29. The summed E-state index contributed by atoms with van der Waals surface area (Å²) in [5, 5.41) is 3.42. The van der Waals surface area contributed by atoms with Gasteiger partial charge in [0.2, 0.25) is 0 Å². The van der Waals surface area contributed by atoms with Crippen molar-refractivity contribution in [2.75, 3.05) is 0 Å². The SMILES string of the molecule is C1=CC2C(=C(c3ccccc3)c3ccccc3C2c2ccc3oc4ccc5c6c(oc5c4c3c2)CCC=C6)CC1. The van der Waals surface area contributed by atoms with E-state index in [4.69, 9.17) is 8.83 Å². The van der Waals surface area contributed by atoms with Crippen LogP contribution < -0.4 is 0 Å². The summed E-state index contributed by atoms with van der Waals surface area (Å²) in [4.78, 5) is 0. The average Bonchev–Trinajstić information content (AvgIpc) is 3.58. The van der Waals surface area contributed by atoms with E-state index >= 15 is 0 Å². The Hall–Kier alpha value is -4.56. The molecule has 9 rings (SSSR count). The van der Waals surface area contributed by atoms with Gasteiger partial charge in [0.05, 0.1) is 5.39 Å². The van der Waals surface area contributed by atoms with Gasteiger partial charge in [0, 0.05) is 34.6 Å². The topological polar surface area (TPSA) is 26.3 Å². The van der Waals surface area contributed by atoms with Crippen LogP contribution in [0.25, 0.3) is 44.6 Å². The van der Waals surface area contributed by atoms with Crippen LogP contribution in [0.3, 0.4) is 0 Å². The van der Waals surface area contributed by atoms with Gasteiger partial charge in [0.25, 0.3) is 0 Å². The van der Waals surface area contributed by atoms with Crippen LogP contribution in [0.15, 0.2) is 118 Å². The quantitative estimate of drug-likeness (QED) is 0.214. The molecule has 192 valence electrons. The van der Waals surface area contributed by atoms with Crippen LogP contribution >= 0.6 is 0 Å². The maximum absolute atomic E-state index is 6.53. The Morgan fingerprint density at radius 3 is 2.50 bits per heavy atom. The van der Waals surface area contributed by atoms with Crippen molar-refractivity contribution in [2.24, 2.45) is 5.92 Å². The van der Waals surface area contributed by atoms with E-state index in [9.17, 15) is 0 Å². The van der Waals surface area contributed by atoms with Crippen LogP contribution in [0.5, 0.6) is 0 Å². The second-order valence-corrected chi connectivity index (χ2v) is 11.4. The van der Waals surface area contributed by atoms with E-state index in [2.05, 4.69) is 109 Å². The highest BCUT2D eigenvalue weighted by Crippen LogP contribution is 2.52. The van der Waals surface area contributed by atoms with Crippen molar-refractivity contribution in [3.63, 3.8) is 0 Å². The summed E-state index contributed by atoms with van der Waals surface area (Å²) in [5.41, 5.74) is 12.4. The Labute approximate surface area is 232 Å². The van der Waals surface area contributed by atoms with E-state index in [1.54, 1.807) is 5.57 Å². The number of rotatable bonds is 2. The zero-order valence-corrected chi connectivity index (χ0v) is 22.2. The van der Waals surface area contributed by atoms with Gasteiger partial charge in [-0.2, -0.15) is 0 Å². The molecule has 2 heterocycles. The fraction of sp³-hybridized carbons (Fsp3) is 0.158. The first-order valence-corrected chi connectivity index (χ1v) is 14.5. The molecule has 40 heavy (non-hydrogen) atoms. The normalized spacial score (nSPS) is 19.8. The molecule has 0 N–H and O–H groups in total. The zero-order chi connectivity index (χ0) is 26.2. The highest BCUT2D eigenvalue weighted by atomic mass is 16.3. The van der Waals surface area contributed by atoms with Crippen LogP contribution in [0.4, 0.5) is 0 Å². The summed E-state index contributed by atoms with van der Waals surface area (Å²) in [6.07, 6.45) is 13.5. The lowest BCUT2D eigenvalue weighted by Gasteiger charge is -2.38. The largest absolute Gasteiger partial charge is 0.460 e. The van der Waals surface area contributed by atoms with E-state index in [1.165, 1.54) is 38.8 Å². The average molecular weight is 517 g/mol. The number of furan rings is 2. The van der Waals surface area contributed by atoms with E-state index < -0.39 is 0 Å². The van der Waals surface area contributed by atoms with Crippen LogP contribution in [0.2, 0.25) is 0 Å². The van der Waals surface area contributed by atoms with E-state index in [0.717, 1.165) is 59.0 Å². The summed E-state index contributed by atoms with van der Waals surface area (Å²) in [6.45, 7) is 0. The first-order valence-electron chi connectivity index (χ1n) is 14.5. The molecule has 3 aliphatic carbocycles. The Kier molecular flexibility index (Phi) is 4.72. The van der Waals surface area contributed by atoms with Crippen molar-refractivity contribution in [2.45, 2.75) is 31.6 Å². The van der Waals surface area contributed by atoms with E-state index in [0.29, 0.717) is 5.92 Å². The number of fused-ring (bicyclic) bond motifs is 9. The van der Waals surface area contributed by atoms with Crippen LogP contribution in [-0.4, -0.2) is 0 Å². The third kappa shape index (κ3) is 3.11. The number of aryl methyl sites for hydroxylation is 1. The van der Waals surface area contributed by atoms with Crippen molar-refractivity contribution >= 4 is 44.6 Å². The third-order valence-electron chi connectivity index (χ3n) is 9.24. The molecule has 0 aliphatic heterocycles. The molecule has 0 saturated heterocycles. The number of hydrogen-bond donors (Lipinski definition) is 0. The first-order chi connectivity index (χ1) is 19.8. The van der Waals surface area contributed by atoms with Crippen LogP contribution in [0.1, 0.15) is 58.8 Å². The minimum Gasteiger partial charge on any atom is -0.460 e. The van der Waals surface area contributed by atoms with Crippen molar-refractivity contribution < 1.29 is 8.83 Å². The summed E-state index contributed by atoms with van der Waals surface area (Å²) >= 11 is 0. The van der Waals surface area contributed by atoms with Crippen molar-refractivity contribution in [3.8, 4) is 0 Å². The lowest BCUT2D eigenvalue weighted by molar-refractivity contribution is 0.548. The fourth-order valence-electron chi connectivity index (χ4n) is 7.54. The molecular weight excluding hydrogens is 488 g/mol. The molecule has 0 fully saturated rings. The maximum atomic E-state index is 6.53. The van der Waals surface area contributed by atoms with E-state index in [-0.39, 0.29) is 5.92 Å². The van der Waals surface area contributed by atoms with Gasteiger partial charge in [-0.1, -0.05) is 90.5 Å². The highest BCUT2D eigenvalue weighted by Gasteiger charge is 2.36. The standard InChI is InChI=1S/C38H28O2/c1-2-10-23(11-3-1)35-26-13-4-6-15-28(26)36(29-16-7-5-14-27(29)35)24-18-20-33-31(22-24)37-34(39-33)21-19-30-25-12-8-9-17-32(25)40-38(30)37/h1-4,6-8,10-13,15-16,18-22,29,36H,5,9,14,17H2. The van der Waals surface area contributed by atoms with Gasteiger partial charge in [-0.15, -0.1) is 0 Å². The lowest BCUT2D eigenvalue weighted by atomic mass is 9.65. The summed E-state index contributed by atoms with van der Waals surface area (Å²) in [6, 6.07) is 31.1. The highest BCUT2D eigenvalue weighted by molar-refractivity contribution is 6.18. The summed E-state index contributed by atoms with van der Waals surface area (Å²) in [5.74, 6) is 1.67. The number of hydrogen-bond acceptors (Lipinski definition) is 2. The van der Waals surface area contributed by atoms with Gasteiger partial charge < -0.3 is 8.83 Å². The van der Waals surface area contributed by atoms with Crippen molar-refractivity contribution in [1.82, 2.24) is 0 Å². The predicted octanol–water partition coefficient (Wildman–Crippen LogP) is 10.2. The molecule has 0 spiro atoms. The molecule has 0 saturated carbocycles. The molecule has 0 amide bonds. The van der Waals surface area contributed by atoms with E-state index in [1.807, 2.05) is 0 Å². The maximum Gasteiger partial charge on any atom is 0.146 e. The Morgan fingerprint density at radius 2 is 1.55 bits per heavy atom. The fourth-order valence-corrected chi connectivity index (χ4v) is 7.54.